The van der Waals surface area contributed by atoms with Gasteiger partial charge in [0.1, 0.15) is 0 Å². The zero-order chi connectivity index (χ0) is 10.9. The Labute approximate surface area is 96.3 Å². The first kappa shape index (κ1) is 12.4. The van der Waals surface area contributed by atoms with Gasteiger partial charge in [-0.25, -0.2) is 5.10 Å². The first-order chi connectivity index (χ1) is 7.33. The molecule has 0 aliphatic heterocycles. The van der Waals surface area contributed by atoms with E-state index in [0.29, 0.717) is 4.84 Å². The van der Waals surface area contributed by atoms with E-state index in [1.54, 1.807) is 0 Å². The quantitative estimate of drug-likeness (QED) is 0.539. The van der Waals surface area contributed by atoms with Crippen molar-refractivity contribution in [1.29, 1.82) is 0 Å². The molecule has 0 saturated carbocycles. The Hall–Kier alpha value is -0.640. The molecule has 1 aromatic heterocycles. The van der Waals surface area contributed by atoms with Crippen LogP contribution >= 0.6 is 12.2 Å². The fourth-order valence-electron chi connectivity index (χ4n) is 1.60. The Morgan fingerprint density at radius 1 is 1.13 bits per heavy atom. The summed E-state index contributed by atoms with van der Waals surface area (Å²) in [4.78, 5) is 0.382. The van der Waals surface area contributed by atoms with Crippen molar-refractivity contribution in [3.8, 4) is 0 Å². The summed E-state index contributed by atoms with van der Waals surface area (Å²) in [5.41, 5.74) is 0. The van der Waals surface area contributed by atoms with Gasteiger partial charge in [0.2, 0.25) is 5.89 Å². The van der Waals surface area contributed by atoms with Gasteiger partial charge in [-0.2, -0.15) is 0 Å². The number of rotatable bonds is 8. The molecule has 0 aliphatic rings. The van der Waals surface area contributed by atoms with Crippen molar-refractivity contribution in [3.63, 3.8) is 0 Å². The Kier molecular flexibility index (Phi) is 6.32. The van der Waals surface area contributed by atoms with Crippen molar-refractivity contribution in [2.24, 2.45) is 0 Å². The second-order valence-electron chi connectivity index (χ2n) is 3.88. The van der Waals surface area contributed by atoms with Crippen LogP contribution in [0.1, 0.15) is 57.8 Å². The summed E-state index contributed by atoms with van der Waals surface area (Å²) in [7, 11) is 0. The maximum absolute atomic E-state index is 5.18. The highest BCUT2D eigenvalue weighted by Gasteiger charge is 1.98. The van der Waals surface area contributed by atoms with E-state index in [-0.39, 0.29) is 0 Å². The molecular formula is C11H20N2OS. The molecule has 1 N–H and O–H groups in total. The van der Waals surface area contributed by atoms with Crippen LogP contribution in [0.2, 0.25) is 0 Å². The third-order valence-electron chi connectivity index (χ3n) is 2.48. The van der Waals surface area contributed by atoms with Crippen molar-refractivity contribution < 1.29 is 4.42 Å². The molecule has 0 unspecified atom stereocenters. The molecule has 0 radical (unpaired) electrons. The van der Waals surface area contributed by atoms with Crippen LogP contribution in [0, 0.1) is 4.84 Å². The first-order valence-corrected chi connectivity index (χ1v) is 6.28. The average molecular weight is 228 g/mol. The molecule has 4 heteroatoms. The average Bonchev–Trinajstić information content (AvgIpc) is 2.63. The Morgan fingerprint density at radius 2 is 1.80 bits per heavy atom. The summed E-state index contributed by atoms with van der Waals surface area (Å²) in [6, 6.07) is 0. The molecule has 1 aromatic rings. The minimum absolute atomic E-state index is 0.382. The van der Waals surface area contributed by atoms with Gasteiger partial charge >= 0.3 is 0 Å². The van der Waals surface area contributed by atoms with Crippen LogP contribution in [0.15, 0.2) is 4.42 Å². The fraction of sp³-hybridized carbons (Fsp3) is 0.818. The van der Waals surface area contributed by atoms with E-state index >= 15 is 0 Å². The van der Waals surface area contributed by atoms with E-state index in [1.807, 2.05) is 0 Å². The molecule has 86 valence electrons. The number of hydrogen-bond donors (Lipinski definition) is 1. The summed E-state index contributed by atoms with van der Waals surface area (Å²) in [6.07, 6.45) is 10.1. The van der Waals surface area contributed by atoms with Crippen molar-refractivity contribution in [2.75, 3.05) is 0 Å². The molecule has 1 heterocycles. The maximum Gasteiger partial charge on any atom is 0.284 e. The molecule has 0 fully saturated rings. The maximum atomic E-state index is 5.18. The van der Waals surface area contributed by atoms with E-state index in [2.05, 4.69) is 17.1 Å². The summed E-state index contributed by atoms with van der Waals surface area (Å²) < 4.78 is 5.18. The fourth-order valence-corrected chi connectivity index (χ4v) is 1.74. The lowest BCUT2D eigenvalue weighted by molar-refractivity contribution is 0.466. The zero-order valence-corrected chi connectivity index (χ0v) is 10.2. The lowest BCUT2D eigenvalue weighted by atomic mass is 10.1. The highest BCUT2D eigenvalue weighted by atomic mass is 32.1. The molecule has 0 aliphatic carbocycles. The number of unbranched alkanes of at least 4 members (excludes halogenated alkanes) is 6. The highest BCUT2D eigenvalue weighted by Crippen LogP contribution is 2.09. The molecule has 0 atom stereocenters. The van der Waals surface area contributed by atoms with Gasteiger partial charge in [-0.1, -0.05) is 45.4 Å². The van der Waals surface area contributed by atoms with E-state index in [4.69, 9.17) is 16.6 Å². The molecule has 1 rings (SSSR count). The largest absolute Gasteiger partial charge is 0.414 e. The van der Waals surface area contributed by atoms with Crippen LogP contribution in [0.25, 0.3) is 0 Å². The predicted octanol–water partition coefficient (Wildman–Crippen LogP) is 4.03. The summed E-state index contributed by atoms with van der Waals surface area (Å²) in [5, 5.41) is 6.60. The van der Waals surface area contributed by atoms with Gasteiger partial charge in [0.05, 0.1) is 0 Å². The molecule has 0 bridgehead atoms. The van der Waals surface area contributed by atoms with Crippen molar-refractivity contribution in [3.05, 3.63) is 10.7 Å². The van der Waals surface area contributed by atoms with Crippen LogP contribution in [0.4, 0.5) is 0 Å². The van der Waals surface area contributed by atoms with Gasteiger partial charge in [-0.15, -0.1) is 5.10 Å². The van der Waals surface area contributed by atoms with Crippen molar-refractivity contribution in [2.45, 2.75) is 58.3 Å². The van der Waals surface area contributed by atoms with Crippen molar-refractivity contribution >= 4 is 12.2 Å². The molecular weight excluding hydrogens is 208 g/mol. The number of aromatic nitrogens is 2. The second-order valence-corrected chi connectivity index (χ2v) is 4.25. The molecule has 0 amide bonds. The third-order valence-corrected chi connectivity index (χ3v) is 2.65. The SMILES string of the molecule is CCCCCCCCCc1n[nH]c(=S)o1. The smallest absolute Gasteiger partial charge is 0.284 e. The van der Waals surface area contributed by atoms with Gasteiger partial charge in [0, 0.05) is 6.42 Å². The number of aryl methyl sites for hydroxylation is 1. The van der Waals surface area contributed by atoms with Crippen LogP contribution in [-0.4, -0.2) is 10.2 Å². The molecule has 0 aromatic carbocycles. The van der Waals surface area contributed by atoms with Crippen LogP contribution < -0.4 is 0 Å². The summed E-state index contributed by atoms with van der Waals surface area (Å²) in [6.45, 7) is 2.24. The minimum atomic E-state index is 0.382. The monoisotopic (exact) mass is 228 g/mol. The summed E-state index contributed by atoms with van der Waals surface area (Å²) in [5.74, 6) is 0.744. The normalized spacial score (nSPS) is 10.7. The number of hydrogen-bond acceptors (Lipinski definition) is 3. The van der Waals surface area contributed by atoms with Gasteiger partial charge < -0.3 is 4.42 Å². The van der Waals surface area contributed by atoms with E-state index < -0.39 is 0 Å². The van der Waals surface area contributed by atoms with E-state index in [0.717, 1.165) is 18.7 Å². The van der Waals surface area contributed by atoms with E-state index in [9.17, 15) is 0 Å². The Morgan fingerprint density at radius 3 is 2.40 bits per heavy atom. The van der Waals surface area contributed by atoms with Gasteiger partial charge in [0.15, 0.2) is 0 Å². The zero-order valence-electron chi connectivity index (χ0n) is 9.42. The summed E-state index contributed by atoms with van der Waals surface area (Å²) >= 11 is 4.80. The van der Waals surface area contributed by atoms with Gasteiger partial charge in [-0.05, 0) is 18.6 Å². The van der Waals surface area contributed by atoms with Gasteiger partial charge in [0.25, 0.3) is 4.84 Å². The Bertz CT molecular complexity index is 306. The third kappa shape index (κ3) is 5.72. The topological polar surface area (TPSA) is 41.8 Å². The number of nitrogens with one attached hydrogen (secondary N) is 1. The number of nitrogens with zero attached hydrogens (tertiary/aromatic N) is 1. The standard InChI is InChI=1S/C11H20N2OS/c1-2-3-4-5-6-7-8-9-10-12-13-11(15)14-10/h2-9H2,1H3,(H,13,15). The Balaban J connectivity index is 1.95. The predicted molar refractivity (Wildman–Crippen MR) is 63.4 cm³/mol. The minimum Gasteiger partial charge on any atom is -0.414 e. The second kappa shape index (κ2) is 7.63. The van der Waals surface area contributed by atoms with Crippen LogP contribution in [0.3, 0.4) is 0 Å². The molecule has 0 spiro atoms. The number of H-pyrrole nitrogens is 1. The molecule has 0 saturated heterocycles. The highest BCUT2D eigenvalue weighted by molar-refractivity contribution is 7.71. The lowest BCUT2D eigenvalue weighted by Crippen LogP contribution is -1.86. The van der Waals surface area contributed by atoms with Gasteiger partial charge in [-0.3, -0.25) is 0 Å². The van der Waals surface area contributed by atoms with Crippen LogP contribution in [0.5, 0.6) is 0 Å². The molecule has 3 nitrogen and oxygen atoms in total. The lowest BCUT2D eigenvalue weighted by Gasteiger charge is -1.98. The van der Waals surface area contributed by atoms with Crippen LogP contribution in [-0.2, 0) is 6.42 Å². The van der Waals surface area contributed by atoms with Crippen molar-refractivity contribution in [1.82, 2.24) is 10.2 Å². The first-order valence-electron chi connectivity index (χ1n) is 5.87. The number of aromatic amines is 1. The molecule has 15 heavy (non-hydrogen) atoms. The van der Waals surface area contributed by atoms with E-state index in [1.165, 1.54) is 38.5 Å².